The highest BCUT2D eigenvalue weighted by Crippen LogP contribution is 2.51. The Kier molecular flexibility index (Phi) is 12.9. The first-order valence-corrected chi connectivity index (χ1v) is 26.8. The van der Waals surface area contributed by atoms with Crippen LogP contribution >= 0.6 is 0 Å². The van der Waals surface area contributed by atoms with Gasteiger partial charge < -0.3 is 4.90 Å². The van der Waals surface area contributed by atoms with Gasteiger partial charge >= 0.3 is 0 Å². The Morgan fingerprint density at radius 1 is 0.603 bits per heavy atom. The lowest BCUT2D eigenvalue weighted by Crippen LogP contribution is -2.32. The minimum Gasteiger partial charge on any atom is -0.344 e. The molecule has 0 radical (unpaired) electrons. The second kappa shape index (κ2) is 18.7. The Morgan fingerprint density at radius 3 is 1.78 bits per heavy atom. The van der Waals surface area contributed by atoms with Gasteiger partial charge in [0.05, 0.1) is 16.9 Å². The third-order valence-corrected chi connectivity index (χ3v) is 15.4. The average Bonchev–Trinajstić information content (AvgIpc) is 3.88. The molecule has 3 heterocycles. The molecule has 0 unspecified atom stereocenters. The molecule has 9 rings (SSSR count). The average molecular weight is 949 g/mol. The van der Waals surface area contributed by atoms with Crippen molar-refractivity contribution in [1.29, 1.82) is 0 Å². The van der Waals surface area contributed by atoms with E-state index in [2.05, 4.69) is 192 Å². The van der Waals surface area contributed by atoms with Gasteiger partial charge in [-0.3, -0.25) is 9.11 Å². The van der Waals surface area contributed by atoms with Gasteiger partial charge in [-0.1, -0.05) is 110 Å². The van der Waals surface area contributed by atoms with Crippen LogP contribution in [0.2, 0.25) is 0 Å². The van der Waals surface area contributed by atoms with Crippen molar-refractivity contribution in [1.82, 2.24) is 0 Å². The second-order valence-corrected chi connectivity index (χ2v) is 22.3. The SMILES string of the molecule is CC1(C)C(/C=C/C2=[N+](N(c3ccccc3)c3ccccc3)C(=C\C=C3\N(CCCCS(=O)(=O)O)c4ccc5ccccc5c4C3(C)C)/CC2)=[N+](CCCCS(=O)(=O)O)c2ccc3ccccc3c21. The lowest BCUT2D eigenvalue weighted by Gasteiger charge is -2.27. The van der Waals surface area contributed by atoms with Crippen molar-refractivity contribution in [2.45, 2.75) is 77.0 Å². The van der Waals surface area contributed by atoms with Gasteiger partial charge in [-0.2, -0.15) is 21.4 Å². The Bertz CT molecular complexity index is 3260. The van der Waals surface area contributed by atoms with Crippen LogP contribution in [-0.4, -0.2) is 71.2 Å². The highest BCUT2D eigenvalue weighted by atomic mass is 32.2. The summed E-state index contributed by atoms with van der Waals surface area (Å²) in [5, 5.41) is 6.98. The highest BCUT2D eigenvalue weighted by Gasteiger charge is 2.46. The fourth-order valence-electron chi connectivity index (χ4n) is 10.7. The van der Waals surface area contributed by atoms with E-state index in [0.717, 1.165) is 69.2 Å². The number of unbranched alkanes of at least 4 members (excludes halogenated alkanes) is 2. The molecule has 0 saturated carbocycles. The zero-order valence-corrected chi connectivity index (χ0v) is 40.8. The highest BCUT2D eigenvalue weighted by molar-refractivity contribution is 7.86. The molecule has 6 aromatic rings. The van der Waals surface area contributed by atoms with Gasteiger partial charge in [0.25, 0.3) is 20.2 Å². The number of hydrazone groups is 1. The number of anilines is 3. The number of hydrazine groups is 1. The predicted molar refractivity (Wildman–Crippen MR) is 277 cm³/mol. The molecule has 0 spiro atoms. The number of allylic oxidation sites excluding steroid dienone is 6. The topological polar surface area (TPSA) is 121 Å². The van der Waals surface area contributed by atoms with Crippen LogP contribution in [0.5, 0.6) is 0 Å². The number of benzene rings is 6. The molecular formula is C56H60N4O6S2+2. The van der Waals surface area contributed by atoms with Gasteiger partial charge in [0.1, 0.15) is 17.9 Å². The molecule has 0 aliphatic carbocycles. The van der Waals surface area contributed by atoms with Crippen molar-refractivity contribution in [3.05, 3.63) is 180 Å². The molecular weight excluding hydrogens is 889 g/mol. The van der Waals surface area contributed by atoms with Gasteiger partial charge in [0.15, 0.2) is 5.71 Å². The first kappa shape index (κ1) is 46.9. The Balaban J connectivity index is 1.19. The summed E-state index contributed by atoms with van der Waals surface area (Å²) in [6.45, 7) is 10.2. The fourth-order valence-corrected chi connectivity index (χ4v) is 11.9. The molecule has 0 fully saturated rings. The first-order valence-electron chi connectivity index (χ1n) is 23.6. The number of nitrogens with zero attached hydrogens (tertiary/aromatic N) is 4. The van der Waals surface area contributed by atoms with Crippen LogP contribution in [-0.2, 0) is 31.1 Å². The summed E-state index contributed by atoms with van der Waals surface area (Å²) in [7, 11) is -8.16. The molecule has 350 valence electrons. The van der Waals surface area contributed by atoms with Crippen molar-refractivity contribution in [3.63, 3.8) is 0 Å². The fraction of sp³-hybridized carbons (Fsp3) is 0.286. The summed E-state index contributed by atoms with van der Waals surface area (Å²) in [6.07, 6.45) is 12.4. The number of para-hydroxylation sites is 2. The van der Waals surface area contributed by atoms with Gasteiger partial charge in [0, 0.05) is 72.5 Å². The van der Waals surface area contributed by atoms with E-state index < -0.39 is 31.1 Å². The zero-order chi connectivity index (χ0) is 47.8. The van der Waals surface area contributed by atoms with E-state index in [-0.39, 0.29) is 11.5 Å². The van der Waals surface area contributed by atoms with E-state index in [1.54, 1.807) is 0 Å². The summed E-state index contributed by atoms with van der Waals surface area (Å²) < 4.78 is 70.8. The van der Waals surface area contributed by atoms with Crippen molar-refractivity contribution in [2.24, 2.45) is 0 Å². The Morgan fingerprint density at radius 2 is 1.16 bits per heavy atom. The lowest BCUT2D eigenvalue weighted by molar-refractivity contribution is -0.475. The van der Waals surface area contributed by atoms with Crippen LogP contribution < -0.4 is 9.91 Å². The molecule has 2 N–H and O–H groups in total. The normalized spacial score (nSPS) is 17.9. The van der Waals surface area contributed by atoms with E-state index in [9.17, 15) is 25.9 Å². The molecule has 0 saturated heterocycles. The smallest absolute Gasteiger partial charge is 0.264 e. The maximum Gasteiger partial charge on any atom is 0.264 e. The molecule has 3 aliphatic rings. The summed E-state index contributed by atoms with van der Waals surface area (Å²) in [5.74, 6) is -0.558. The van der Waals surface area contributed by atoms with Crippen molar-refractivity contribution >= 4 is 76.0 Å². The molecule has 3 aliphatic heterocycles. The monoisotopic (exact) mass is 948 g/mol. The van der Waals surface area contributed by atoms with Crippen molar-refractivity contribution in [2.75, 3.05) is 34.5 Å². The first-order chi connectivity index (χ1) is 32.5. The molecule has 10 nitrogen and oxygen atoms in total. The molecule has 0 atom stereocenters. The maximum atomic E-state index is 11.7. The molecule has 68 heavy (non-hydrogen) atoms. The number of hydrogen-bond acceptors (Lipinski definition) is 6. The van der Waals surface area contributed by atoms with E-state index >= 15 is 0 Å². The van der Waals surface area contributed by atoms with Crippen LogP contribution in [0, 0.1) is 0 Å². The van der Waals surface area contributed by atoms with Crippen molar-refractivity contribution < 1.29 is 35.2 Å². The Labute approximate surface area is 401 Å². The quantitative estimate of drug-likeness (QED) is 0.0559. The third kappa shape index (κ3) is 9.34. The van der Waals surface area contributed by atoms with Crippen LogP contribution in [0.1, 0.15) is 77.3 Å². The summed E-state index contributed by atoms with van der Waals surface area (Å²) in [4.78, 5) is 2.34. The zero-order valence-electron chi connectivity index (χ0n) is 39.2. The molecule has 6 aromatic carbocycles. The molecule has 12 heteroatoms. The number of hydrogen-bond donors (Lipinski definition) is 2. The van der Waals surface area contributed by atoms with Gasteiger partial charge in [-0.15, -0.1) is 5.01 Å². The lowest BCUT2D eigenvalue weighted by atomic mass is 9.79. The summed E-state index contributed by atoms with van der Waals surface area (Å²) in [6, 6.07) is 46.4. The van der Waals surface area contributed by atoms with E-state index in [4.69, 9.17) is 0 Å². The van der Waals surface area contributed by atoms with Crippen LogP contribution in [0.3, 0.4) is 0 Å². The number of fused-ring (bicyclic) bond motifs is 6. The third-order valence-electron chi connectivity index (χ3n) is 13.8. The standard InChI is InChI=1S/C56H58N4O6S2/c1-55(2)51(57(37-15-17-39-67(61,62)63)49-33-27-41-19-11-13-25-47(41)53(49)55)35-31-45-29-30-46(60(45)59(43-21-7-5-8-22-43)44-23-9-6-10-24-44)32-36-52-56(3,4)54-48-26-14-12-20-42(48)28-34-50(54)58(52)38-16-18-40-68(64,65)66/h5-14,19-28,31-36H,15-18,29-30,37-40H2,1-4H3/p+2. The predicted octanol–water partition coefficient (Wildman–Crippen LogP) is 11.8. The van der Waals surface area contributed by atoms with Crippen molar-refractivity contribution in [3.8, 4) is 0 Å². The van der Waals surface area contributed by atoms with Crippen LogP contribution in [0.15, 0.2) is 169 Å². The summed E-state index contributed by atoms with van der Waals surface area (Å²) in [5.41, 5.74) is 10.3. The van der Waals surface area contributed by atoms with Gasteiger partial charge in [-0.25, -0.2) is 0 Å². The largest absolute Gasteiger partial charge is 0.344 e. The molecule has 0 aromatic heterocycles. The maximum absolute atomic E-state index is 11.7. The van der Waals surface area contributed by atoms with Crippen LogP contribution in [0.4, 0.5) is 22.7 Å². The van der Waals surface area contributed by atoms with E-state index in [0.29, 0.717) is 38.8 Å². The second-order valence-electron chi connectivity index (χ2n) is 19.1. The number of rotatable bonds is 16. The van der Waals surface area contributed by atoms with E-state index in [1.165, 1.54) is 21.9 Å². The molecule has 0 amide bonds. The van der Waals surface area contributed by atoms with Gasteiger partial charge in [-0.05, 0) is 103 Å². The van der Waals surface area contributed by atoms with Gasteiger partial charge in [0.2, 0.25) is 17.1 Å². The van der Waals surface area contributed by atoms with Crippen LogP contribution in [0.25, 0.3) is 21.5 Å². The Hall–Kier alpha value is -6.18. The minimum absolute atomic E-state index is 0.279. The van der Waals surface area contributed by atoms with E-state index in [1.807, 2.05) is 12.1 Å². The summed E-state index contributed by atoms with van der Waals surface area (Å²) >= 11 is 0. The minimum atomic E-state index is -4.08. The molecule has 0 bridgehead atoms.